The summed E-state index contributed by atoms with van der Waals surface area (Å²) in [6.45, 7) is 8.85. The standard InChI is InChI=1S/C15H25N3O3/c1-4-20-15(19)12-6-5-7-18(9-12)10-13-16-14(21-17-13)8-11(2)3/h11-12H,4-10H2,1-3H3/t12-/m0/s1. The van der Waals surface area contributed by atoms with Crippen LogP contribution in [-0.2, 0) is 22.5 Å². The molecule has 0 bridgehead atoms. The molecule has 6 nitrogen and oxygen atoms in total. The lowest BCUT2D eigenvalue weighted by Crippen LogP contribution is -2.39. The predicted octanol–water partition coefficient (Wildman–Crippen LogP) is 2.04. The van der Waals surface area contributed by atoms with Crippen molar-refractivity contribution in [1.82, 2.24) is 15.0 Å². The third kappa shape index (κ3) is 4.81. The molecule has 0 amide bonds. The molecule has 0 aliphatic carbocycles. The van der Waals surface area contributed by atoms with Gasteiger partial charge in [-0.05, 0) is 32.2 Å². The molecular formula is C15H25N3O3. The number of nitrogens with zero attached hydrogens (tertiary/aromatic N) is 3. The lowest BCUT2D eigenvalue weighted by Gasteiger charge is -2.30. The van der Waals surface area contributed by atoms with E-state index in [1.165, 1.54) is 0 Å². The van der Waals surface area contributed by atoms with Gasteiger partial charge in [0.1, 0.15) is 0 Å². The van der Waals surface area contributed by atoms with Crippen molar-refractivity contribution in [1.29, 1.82) is 0 Å². The Balaban J connectivity index is 1.87. The lowest BCUT2D eigenvalue weighted by atomic mass is 9.98. The van der Waals surface area contributed by atoms with E-state index in [-0.39, 0.29) is 11.9 Å². The van der Waals surface area contributed by atoms with Crippen LogP contribution in [0.5, 0.6) is 0 Å². The molecule has 6 heteroatoms. The predicted molar refractivity (Wildman–Crippen MR) is 77.5 cm³/mol. The molecule has 0 spiro atoms. The molecule has 2 heterocycles. The van der Waals surface area contributed by atoms with Gasteiger partial charge in [0, 0.05) is 13.0 Å². The number of aromatic nitrogens is 2. The fraction of sp³-hybridized carbons (Fsp3) is 0.800. The van der Waals surface area contributed by atoms with Crippen LogP contribution >= 0.6 is 0 Å². The number of likely N-dealkylation sites (tertiary alicyclic amines) is 1. The molecule has 1 aliphatic rings. The number of hydrogen-bond acceptors (Lipinski definition) is 6. The second kappa shape index (κ2) is 7.54. The summed E-state index contributed by atoms with van der Waals surface area (Å²) in [5, 5.41) is 4.03. The lowest BCUT2D eigenvalue weighted by molar-refractivity contribution is -0.150. The topological polar surface area (TPSA) is 68.5 Å². The summed E-state index contributed by atoms with van der Waals surface area (Å²) in [4.78, 5) is 18.4. The molecule has 1 saturated heterocycles. The molecule has 1 aliphatic heterocycles. The van der Waals surface area contributed by atoms with Gasteiger partial charge >= 0.3 is 5.97 Å². The van der Waals surface area contributed by atoms with Crippen molar-refractivity contribution in [2.45, 2.75) is 46.6 Å². The first kappa shape index (κ1) is 15.9. The highest BCUT2D eigenvalue weighted by atomic mass is 16.5. The number of ether oxygens (including phenoxy) is 1. The fourth-order valence-corrected chi connectivity index (χ4v) is 2.64. The van der Waals surface area contributed by atoms with Gasteiger partial charge in [-0.1, -0.05) is 19.0 Å². The van der Waals surface area contributed by atoms with Crippen LogP contribution in [-0.4, -0.2) is 40.7 Å². The largest absolute Gasteiger partial charge is 0.466 e. The van der Waals surface area contributed by atoms with Gasteiger partial charge in [0.25, 0.3) is 0 Å². The van der Waals surface area contributed by atoms with Gasteiger partial charge in [-0.15, -0.1) is 0 Å². The summed E-state index contributed by atoms with van der Waals surface area (Å²) in [5.41, 5.74) is 0. The Labute approximate surface area is 125 Å². The highest BCUT2D eigenvalue weighted by molar-refractivity contribution is 5.72. The summed E-state index contributed by atoms with van der Waals surface area (Å²) in [5.74, 6) is 1.78. The molecular weight excluding hydrogens is 270 g/mol. The highest BCUT2D eigenvalue weighted by Gasteiger charge is 2.27. The number of esters is 1. The van der Waals surface area contributed by atoms with E-state index in [1.54, 1.807) is 0 Å². The third-order valence-corrected chi connectivity index (χ3v) is 3.58. The number of carbonyl (C=O) groups is 1. The molecule has 0 unspecified atom stereocenters. The van der Waals surface area contributed by atoms with Crippen molar-refractivity contribution in [2.24, 2.45) is 11.8 Å². The van der Waals surface area contributed by atoms with E-state index in [0.29, 0.717) is 37.3 Å². The molecule has 1 aromatic heterocycles. The van der Waals surface area contributed by atoms with E-state index in [0.717, 1.165) is 25.8 Å². The van der Waals surface area contributed by atoms with Crippen LogP contribution in [0.2, 0.25) is 0 Å². The van der Waals surface area contributed by atoms with Crippen molar-refractivity contribution in [3.05, 3.63) is 11.7 Å². The maximum absolute atomic E-state index is 11.8. The van der Waals surface area contributed by atoms with E-state index in [2.05, 4.69) is 28.9 Å². The van der Waals surface area contributed by atoms with Crippen molar-refractivity contribution in [3.8, 4) is 0 Å². The van der Waals surface area contributed by atoms with Crippen LogP contribution in [0.15, 0.2) is 4.52 Å². The first-order valence-electron chi connectivity index (χ1n) is 7.79. The van der Waals surface area contributed by atoms with Gasteiger partial charge in [0.05, 0.1) is 19.1 Å². The first-order valence-corrected chi connectivity index (χ1v) is 7.79. The molecule has 0 aromatic carbocycles. The Morgan fingerprint density at radius 1 is 1.52 bits per heavy atom. The summed E-state index contributed by atoms with van der Waals surface area (Å²) in [7, 11) is 0. The Morgan fingerprint density at radius 3 is 3.05 bits per heavy atom. The molecule has 21 heavy (non-hydrogen) atoms. The van der Waals surface area contributed by atoms with Crippen molar-refractivity contribution < 1.29 is 14.1 Å². The molecule has 0 radical (unpaired) electrons. The maximum Gasteiger partial charge on any atom is 0.310 e. The second-order valence-electron chi connectivity index (χ2n) is 6.03. The Kier molecular flexibility index (Phi) is 5.73. The van der Waals surface area contributed by atoms with E-state index < -0.39 is 0 Å². The summed E-state index contributed by atoms with van der Waals surface area (Å²) >= 11 is 0. The van der Waals surface area contributed by atoms with Crippen molar-refractivity contribution >= 4 is 5.97 Å². The number of carbonyl (C=O) groups excluding carboxylic acids is 1. The molecule has 1 atom stereocenters. The van der Waals surface area contributed by atoms with Crippen LogP contribution in [0.4, 0.5) is 0 Å². The maximum atomic E-state index is 11.8. The number of hydrogen-bond donors (Lipinski definition) is 0. The average Bonchev–Trinajstić information content (AvgIpc) is 2.85. The van der Waals surface area contributed by atoms with E-state index >= 15 is 0 Å². The molecule has 1 aromatic rings. The smallest absolute Gasteiger partial charge is 0.310 e. The van der Waals surface area contributed by atoms with Gasteiger partial charge in [-0.2, -0.15) is 4.98 Å². The molecule has 0 N–H and O–H groups in total. The van der Waals surface area contributed by atoms with Crippen LogP contribution < -0.4 is 0 Å². The van der Waals surface area contributed by atoms with Gasteiger partial charge in [0.15, 0.2) is 5.82 Å². The zero-order valence-corrected chi connectivity index (χ0v) is 13.2. The van der Waals surface area contributed by atoms with Crippen LogP contribution in [0.1, 0.15) is 45.3 Å². The van der Waals surface area contributed by atoms with Crippen LogP contribution in [0.3, 0.4) is 0 Å². The molecule has 0 saturated carbocycles. The molecule has 118 valence electrons. The third-order valence-electron chi connectivity index (χ3n) is 3.58. The van der Waals surface area contributed by atoms with E-state index in [1.807, 2.05) is 6.92 Å². The van der Waals surface area contributed by atoms with Crippen LogP contribution in [0, 0.1) is 11.8 Å². The quantitative estimate of drug-likeness (QED) is 0.748. The molecule has 1 fully saturated rings. The monoisotopic (exact) mass is 295 g/mol. The minimum Gasteiger partial charge on any atom is -0.466 e. The summed E-state index contributed by atoms with van der Waals surface area (Å²) in [6, 6.07) is 0. The number of piperidine rings is 1. The van der Waals surface area contributed by atoms with Crippen LogP contribution in [0.25, 0.3) is 0 Å². The first-order chi connectivity index (χ1) is 10.1. The number of rotatable bonds is 6. The minimum absolute atomic E-state index is 0.0271. The van der Waals surface area contributed by atoms with Gasteiger partial charge in [-0.3, -0.25) is 9.69 Å². The van der Waals surface area contributed by atoms with E-state index in [4.69, 9.17) is 9.26 Å². The fourth-order valence-electron chi connectivity index (χ4n) is 2.64. The van der Waals surface area contributed by atoms with Crippen molar-refractivity contribution in [2.75, 3.05) is 19.7 Å². The highest BCUT2D eigenvalue weighted by Crippen LogP contribution is 2.19. The minimum atomic E-state index is -0.0872. The Bertz CT molecular complexity index is 459. The van der Waals surface area contributed by atoms with Crippen molar-refractivity contribution in [3.63, 3.8) is 0 Å². The molecule has 2 rings (SSSR count). The van der Waals surface area contributed by atoms with Gasteiger partial charge < -0.3 is 9.26 Å². The normalized spacial score (nSPS) is 19.9. The Hall–Kier alpha value is -1.43. The van der Waals surface area contributed by atoms with E-state index in [9.17, 15) is 4.79 Å². The zero-order chi connectivity index (χ0) is 15.2. The summed E-state index contributed by atoms with van der Waals surface area (Å²) < 4.78 is 10.4. The Morgan fingerprint density at radius 2 is 2.33 bits per heavy atom. The average molecular weight is 295 g/mol. The zero-order valence-electron chi connectivity index (χ0n) is 13.2. The van der Waals surface area contributed by atoms with Gasteiger partial charge in [-0.25, -0.2) is 0 Å². The SMILES string of the molecule is CCOC(=O)[C@H]1CCCN(Cc2noc(CC(C)C)n2)C1. The summed E-state index contributed by atoms with van der Waals surface area (Å²) in [6.07, 6.45) is 2.71. The van der Waals surface area contributed by atoms with Gasteiger partial charge in [0.2, 0.25) is 5.89 Å². The second-order valence-corrected chi connectivity index (χ2v) is 6.03.